The van der Waals surface area contributed by atoms with Gasteiger partial charge in [-0.3, -0.25) is 4.79 Å². The molecule has 106 valence electrons. The third-order valence-electron chi connectivity index (χ3n) is 3.36. The van der Waals surface area contributed by atoms with E-state index in [-0.39, 0.29) is 11.8 Å². The molecule has 1 amide bonds. The van der Waals surface area contributed by atoms with Gasteiger partial charge in [-0.05, 0) is 17.5 Å². The summed E-state index contributed by atoms with van der Waals surface area (Å²) in [5.74, 6) is 0.0789. The lowest BCUT2D eigenvalue weighted by Crippen LogP contribution is -2.45. The van der Waals surface area contributed by atoms with Crippen LogP contribution in [-0.4, -0.2) is 23.9 Å². The van der Waals surface area contributed by atoms with E-state index in [2.05, 4.69) is 0 Å². The van der Waals surface area contributed by atoms with Gasteiger partial charge in [0, 0.05) is 13.6 Å². The van der Waals surface area contributed by atoms with Crippen molar-refractivity contribution in [2.45, 2.75) is 32.9 Å². The fourth-order valence-electron chi connectivity index (χ4n) is 1.76. The van der Waals surface area contributed by atoms with Gasteiger partial charge in [-0.15, -0.1) is 0 Å². The van der Waals surface area contributed by atoms with Crippen molar-refractivity contribution in [3.8, 4) is 0 Å². The maximum Gasteiger partial charge on any atom is 0.239 e. The smallest absolute Gasteiger partial charge is 0.239 e. The van der Waals surface area contributed by atoms with Crippen LogP contribution in [0.1, 0.15) is 25.8 Å². The minimum atomic E-state index is -0.479. The molecule has 2 N–H and O–H groups in total. The van der Waals surface area contributed by atoms with E-state index in [1.165, 1.54) is 0 Å². The molecule has 2 atom stereocenters. The fraction of sp³-hybridized carbons (Fsp3) is 0.500. The van der Waals surface area contributed by atoms with Gasteiger partial charge in [0.15, 0.2) is 0 Å². The summed E-state index contributed by atoms with van der Waals surface area (Å²) in [6, 6.07) is 4.91. The molecular formula is C14H20Cl2N2O. The highest BCUT2D eigenvalue weighted by Crippen LogP contribution is 2.26. The molecule has 0 saturated heterocycles. The summed E-state index contributed by atoms with van der Waals surface area (Å²) >= 11 is 12.1. The van der Waals surface area contributed by atoms with Gasteiger partial charge in [-0.2, -0.15) is 0 Å². The van der Waals surface area contributed by atoms with Gasteiger partial charge in [0.05, 0.1) is 16.1 Å². The quantitative estimate of drug-likeness (QED) is 0.907. The molecule has 1 aromatic rings. The van der Waals surface area contributed by atoms with Crippen LogP contribution in [-0.2, 0) is 11.3 Å². The molecule has 1 rings (SSSR count). The monoisotopic (exact) mass is 302 g/mol. The summed E-state index contributed by atoms with van der Waals surface area (Å²) in [6.45, 7) is 4.40. The molecule has 1 aromatic carbocycles. The summed E-state index contributed by atoms with van der Waals surface area (Å²) < 4.78 is 0. The van der Waals surface area contributed by atoms with E-state index in [0.29, 0.717) is 16.6 Å². The number of nitrogens with zero attached hydrogens (tertiary/aromatic N) is 1. The molecule has 2 unspecified atom stereocenters. The highest BCUT2D eigenvalue weighted by molar-refractivity contribution is 6.42. The normalized spacial score (nSPS) is 14.0. The van der Waals surface area contributed by atoms with Crippen molar-refractivity contribution in [1.82, 2.24) is 4.90 Å². The summed E-state index contributed by atoms with van der Waals surface area (Å²) in [7, 11) is 1.72. The number of rotatable bonds is 5. The van der Waals surface area contributed by atoms with Crippen LogP contribution >= 0.6 is 23.2 Å². The highest BCUT2D eigenvalue weighted by Gasteiger charge is 2.23. The Balaban J connectivity index is 2.77. The molecule has 0 saturated carbocycles. The van der Waals surface area contributed by atoms with Crippen molar-refractivity contribution >= 4 is 29.1 Å². The Morgan fingerprint density at radius 1 is 1.42 bits per heavy atom. The molecule has 0 fully saturated rings. The van der Waals surface area contributed by atoms with Crippen LogP contribution in [0.25, 0.3) is 0 Å². The first-order chi connectivity index (χ1) is 8.88. The molecule has 3 nitrogen and oxygen atoms in total. The van der Waals surface area contributed by atoms with Gasteiger partial charge >= 0.3 is 0 Å². The average molecular weight is 303 g/mol. The van der Waals surface area contributed by atoms with Gasteiger partial charge in [0.1, 0.15) is 0 Å². The molecule has 0 heterocycles. The summed E-state index contributed by atoms with van der Waals surface area (Å²) in [5, 5.41) is 0.979. The lowest BCUT2D eigenvalue weighted by atomic mass is 9.99. The molecule has 0 spiro atoms. The van der Waals surface area contributed by atoms with E-state index in [1.807, 2.05) is 26.0 Å². The van der Waals surface area contributed by atoms with Gasteiger partial charge < -0.3 is 10.6 Å². The van der Waals surface area contributed by atoms with Crippen LogP contribution in [0.3, 0.4) is 0 Å². The third kappa shape index (κ3) is 4.10. The van der Waals surface area contributed by atoms with Gasteiger partial charge in [0.25, 0.3) is 0 Å². The fourth-order valence-corrected chi connectivity index (χ4v) is 2.14. The SMILES string of the molecule is CCC(C)C(N)C(=O)N(C)Cc1cccc(Cl)c1Cl. The average Bonchev–Trinajstić information content (AvgIpc) is 2.41. The number of hydrogen-bond acceptors (Lipinski definition) is 2. The number of amides is 1. The van der Waals surface area contributed by atoms with Crippen molar-refractivity contribution in [2.24, 2.45) is 11.7 Å². The summed E-state index contributed by atoms with van der Waals surface area (Å²) in [5.41, 5.74) is 6.76. The van der Waals surface area contributed by atoms with Crippen LogP contribution in [0.4, 0.5) is 0 Å². The van der Waals surface area contributed by atoms with E-state index in [9.17, 15) is 4.79 Å². The molecule has 0 radical (unpaired) electrons. The number of carbonyl (C=O) groups is 1. The van der Waals surface area contributed by atoms with Gasteiger partial charge in [0.2, 0.25) is 5.91 Å². The van der Waals surface area contributed by atoms with E-state index in [4.69, 9.17) is 28.9 Å². The lowest BCUT2D eigenvalue weighted by molar-refractivity contribution is -0.132. The summed E-state index contributed by atoms with van der Waals surface area (Å²) in [6.07, 6.45) is 0.874. The second-order valence-electron chi connectivity index (χ2n) is 4.82. The minimum Gasteiger partial charge on any atom is -0.340 e. The van der Waals surface area contributed by atoms with Crippen molar-refractivity contribution in [1.29, 1.82) is 0 Å². The molecule has 19 heavy (non-hydrogen) atoms. The van der Waals surface area contributed by atoms with Crippen molar-refractivity contribution in [2.75, 3.05) is 7.05 Å². The Hall–Kier alpha value is -0.770. The highest BCUT2D eigenvalue weighted by atomic mass is 35.5. The largest absolute Gasteiger partial charge is 0.340 e. The van der Waals surface area contributed by atoms with Crippen molar-refractivity contribution < 1.29 is 4.79 Å². The van der Waals surface area contributed by atoms with E-state index in [0.717, 1.165) is 12.0 Å². The second kappa shape index (κ2) is 7.13. The molecule has 0 aliphatic heterocycles. The maximum atomic E-state index is 12.2. The molecule has 0 aromatic heterocycles. The number of hydrogen-bond donors (Lipinski definition) is 1. The standard InChI is InChI=1S/C14H20Cl2N2O/c1-4-9(2)13(17)14(19)18(3)8-10-6-5-7-11(15)12(10)16/h5-7,9,13H,4,8,17H2,1-3H3. The Kier molecular flexibility index (Phi) is 6.11. The number of nitrogens with two attached hydrogens (primary N) is 1. The van der Waals surface area contributed by atoms with Gasteiger partial charge in [-0.1, -0.05) is 55.6 Å². The lowest BCUT2D eigenvalue weighted by Gasteiger charge is -2.25. The van der Waals surface area contributed by atoms with Crippen LogP contribution in [0.2, 0.25) is 10.0 Å². The maximum absolute atomic E-state index is 12.2. The third-order valence-corrected chi connectivity index (χ3v) is 4.22. The molecule has 0 aliphatic rings. The zero-order valence-electron chi connectivity index (χ0n) is 11.5. The minimum absolute atomic E-state index is 0.0783. The van der Waals surface area contributed by atoms with Crippen LogP contribution in [0, 0.1) is 5.92 Å². The van der Waals surface area contributed by atoms with E-state index < -0.39 is 6.04 Å². The van der Waals surface area contributed by atoms with Crippen LogP contribution in [0.5, 0.6) is 0 Å². The van der Waals surface area contributed by atoms with Crippen molar-refractivity contribution in [3.63, 3.8) is 0 Å². The van der Waals surface area contributed by atoms with Gasteiger partial charge in [-0.25, -0.2) is 0 Å². The van der Waals surface area contributed by atoms with Crippen molar-refractivity contribution in [3.05, 3.63) is 33.8 Å². The number of benzene rings is 1. The Morgan fingerprint density at radius 2 is 2.05 bits per heavy atom. The predicted molar refractivity (Wildman–Crippen MR) is 80.4 cm³/mol. The molecule has 0 aliphatic carbocycles. The molecule has 5 heteroatoms. The summed E-state index contributed by atoms with van der Waals surface area (Å²) in [4.78, 5) is 13.8. The molecule has 0 bridgehead atoms. The van der Waals surface area contributed by atoms with Crippen LogP contribution in [0.15, 0.2) is 18.2 Å². The Morgan fingerprint density at radius 3 is 2.63 bits per heavy atom. The van der Waals surface area contributed by atoms with E-state index >= 15 is 0 Å². The number of halogens is 2. The Bertz CT molecular complexity index is 451. The molecular weight excluding hydrogens is 283 g/mol. The zero-order valence-corrected chi connectivity index (χ0v) is 13.0. The number of likely N-dealkylation sites (N-methyl/N-ethyl adjacent to an activating group) is 1. The first kappa shape index (κ1) is 16.3. The topological polar surface area (TPSA) is 46.3 Å². The first-order valence-corrected chi connectivity index (χ1v) is 7.07. The van der Waals surface area contributed by atoms with E-state index in [1.54, 1.807) is 18.0 Å². The predicted octanol–water partition coefficient (Wildman–Crippen LogP) is 3.33. The Labute approximate surface area is 124 Å². The number of carbonyl (C=O) groups excluding carboxylic acids is 1. The zero-order chi connectivity index (χ0) is 14.6. The first-order valence-electron chi connectivity index (χ1n) is 6.31. The second-order valence-corrected chi connectivity index (χ2v) is 5.60. The van der Waals surface area contributed by atoms with Crippen LogP contribution < -0.4 is 5.73 Å².